The van der Waals surface area contributed by atoms with Crippen LogP contribution < -0.4 is 16.4 Å². The number of guanidine groups is 1. The van der Waals surface area contributed by atoms with Crippen LogP contribution in [-0.2, 0) is 11.3 Å². The zero-order valence-corrected chi connectivity index (χ0v) is 17.2. The van der Waals surface area contributed by atoms with Gasteiger partial charge in [-0.2, -0.15) is 0 Å². The molecule has 0 aliphatic carbocycles. The lowest BCUT2D eigenvalue weighted by atomic mass is 10.1. The van der Waals surface area contributed by atoms with E-state index in [9.17, 15) is 14.3 Å². The summed E-state index contributed by atoms with van der Waals surface area (Å²) in [5, 5.41) is 15.8. The first-order valence-corrected chi connectivity index (χ1v) is 8.50. The molecule has 1 aliphatic heterocycles. The summed E-state index contributed by atoms with van der Waals surface area (Å²) in [5.74, 6) is -0.639. The Balaban J connectivity index is 0.00000338. The highest BCUT2D eigenvalue weighted by Gasteiger charge is 2.20. The van der Waals surface area contributed by atoms with Gasteiger partial charge in [0.1, 0.15) is 0 Å². The minimum absolute atomic E-state index is 0. The zero-order chi connectivity index (χ0) is 18.2. The second-order valence-electron chi connectivity index (χ2n) is 6.14. The normalized spacial score (nSPS) is 16.0. The minimum atomic E-state index is -0.646. The molecule has 1 amide bonds. The third-order valence-electron chi connectivity index (χ3n) is 4.08. The van der Waals surface area contributed by atoms with E-state index in [-0.39, 0.29) is 41.7 Å². The van der Waals surface area contributed by atoms with Crippen LogP contribution >= 0.6 is 24.0 Å². The van der Waals surface area contributed by atoms with E-state index >= 15 is 0 Å². The van der Waals surface area contributed by atoms with E-state index in [1.165, 1.54) is 12.1 Å². The van der Waals surface area contributed by atoms with Crippen molar-refractivity contribution < 1.29 is 14.3 Å². The molecule has 1 aromatic rings. The first-order chi connectivity index (χ1) is 12.0. The maximum Gasteiger partial charge on any atom is 0.231 e. The van der Waals surface area contributed by atoms with Gasteiger partial charge in [-0.25, -0.2) is 9.38 Å². The number of rotatable bonds is 6. The van der Waals surface area contributed by atoms with E-state index in [1.807, 2.05) is 11.8 Å². The second-order valence-corrected chi connectivity index (χ2v) is 6.14. The van der Waals surface area contributed by atoms with E-state index in [0.717, 1.165) is 32.5 Å². The summed E-state index contributed by atoms with van der Waals surface area (Å²) in [7, 11) is 0. The number of phenols is 1. The third-order valence-corrected chi connectivity index (χ3v) is 4.08. The number of carbonyl (C=O) groups is 1. The van der Waals surface area contributed by atoms with Crippen molar-refractivity contribution in [2.45, 2.75) is 32.4 Å². The molecular formula is C17H27FIN5O2. The van der Waals surface area contributed by atoms with Gasteiger partial charge in [0, 0.05) is 25.7 Å². The monoisotopic (exact) mass is 479 g/mol. The maximum atomic E-state index is 13.4. The first-order valence-electron chi connectivity index (χ1n) is 8.50. The number of amides is 1. The number of halogens is 2. The van der Waals surface area contributed by atoms with Gasteiger partial charge in [0.2, 0.25) is 5.91 Å². The fourth-order valence-electron chi connectivity index (χ4n) is 2.79. The van der Waals surface area contributed by atoms with Crippen molar-refractivity contribution in [1.82, 2.24) is 15.5 Å². The Morgan fingerprint density at radius 1 is 1.42 bits per heavy atom. The van der Waals surface area contributed by atoms with Crippen molar-refractivity contribution in [3.8, 4) is 5.75 Å². The predicted octanol–water partition coefficient (Wildman–Crippen LogP) is 1.15. The van der Waals surface area contributed by atoms with Crippen LogP contribution in [-0.4, -0.2) is 54.1 Å². The number of benzene rings is 1. The Kier molecular flexibility index (Phi) is 9.63. The highest BCUT2D eigenvalue weighted by molar-refractivity contribution is 14.0. The number of aromatic hydroxyl groups is 1. The lowest BCUT2D eigenvalue weighted by Gasteiger charge is -2.32. The van der Waals surface area contributed by atoms with Gasteiger partial charge in [0.25, 0.3) is 0 Å². The van der Waals surface area contributed by atoms with Crippen LogP contribution in [0.4, 0.5) is 4.39 Å². The van der Waals surface area contributed by atoms with Gasteiger partial charge in [-0.1, -0.05) is 6.07 Å². The fourth-order valence-corrected chi connectivity index (χ4v) is 2.79. The van der Waals surface area contributed by atoms with E-state index < -0.39 is 5.82 Å². The molecule has 5 N–H and O–H groups in total. The van der Waals surface area contributed by atoms with Crippen LogP contribution in [0, 0.1) is 5.82 Å². The third kappa shape index (κ3) is 7.32. The van der Waals surface area contributed by atoms with Gasteiger partial charge in [0.15, 0.2) is 17.5 Å². The smallest absolute Gasteiger partial charge is 0.231 e. The molecule has 0 spiro atoms. The number of likely N-dealkylation sites (tertiary alicyclic amines) is 1. The number of piperidine rings is 1. The SMILES string of the molecule is CCNC(=NCc1ccc(O)c(F)c1)NC1CCN(CC(N)=O)CC1.I. The molecule has 1 aromatic carbocycles. The molecule has 1 heterocycles. The summed E-state index contributed by atoms with van der Waals surface area (Å²) < 4.78 is 13.4. The van der Waals surface area contributed by atoms with Gasteiger partial charge in [-0.05, 0) is 37.5 Å². The lowest BCUT2D eigenvalue weighted by Crippen LogP contribution is -2.49. The van der Waals surface area contributed by atoms with Crippen molar-refractivity contribution in [3.63, 3.8) is 0 Å². The molecule has 2 rings (SSSR count). The van der Waals surface area contributed by atoms with Crippen LogP contribution in [0.25, 0.3) is 0 Å². The van der Waals surface area contributed by atoms with Crippen LogP contribution in [0.1, 0.15) is 25.3 Å². The molecule has 1 fully saturated rings. The van der Waals surface area contributed by atoms with E-state index in [2.05, 4.69) is 15.6 Å². The van der Waals surface area contributed by atoms with Gasteiger partial charge < -0.3 is 21.5 Å². The largest absolute Gasteiger partial charge is 0.505 e. The molecule has 0 aromatic heterocycles. The fraction of sp³-hybridized carbons (Fsp3) is 0.529. The number of nitrogens with one attached hydrogen (secondary N) is 2. The molecule has 1 saturated heterocycles. The van der Waals surface area contributed by atoms with Crippen LogP contribution in [0.5, 0.6) is 5.75 Å². The van der Waals surface area contributed by atoms with E-state index in [4.69, 9.17) is 5.73 Å². The van der Waals surface area contributed by atoms with Crippen LogP contribution in [0.15, 0.2) is 23.2 Å². The highest BCUT2D eigenvalue weighted by Crippen LogP contribution is 2.16. The molecular weight excluding hydrogens is 452 g/mol. The molecule has 0 bridgehead atoms. The number of nitrogens with two attached hydrogens (primary N) is 1. The Morgan fingerprint density at radius 2 is 2.12 bits per heavy atom. The van der Waals surface area contributed by atoms with Gasteiger partial charge in [-0.3, -0.25) is 9.69 Å². The van der Waals surface area contributed by atoms with Crippen LogP contribution in [0.3, 0.4) is 0 Å². The summed E-state index contributed by atoms with van der Waals surface area (Å²) >= 11 is 0. The summed E-state index contributed by atoms with van der Waals surface area (Å²) in [6.07, 6.45) is 1.79. The molecule has 9 heteroatoms. The highest BCUT2D eigenvalue weighted by atomic mass is 127. The van der Waals surface area contributed by atoms with E-state index in [0.29, 0.717) is 24.6 Å². The number of phenolic OH excluding ortho intramolecular Hbond substituents is 1. The van der Waals surface area contributed by atoms with Crippen molar-refractivity contribution in [1.29, 1.82) is 0 Å². The van der Waals surface area contributed by atoms with Gasteiger partial charge in [0.05, 0.1) is 13.1 Å². The number of primary amides is 1. The minimum Gasteiger partial charge on any atom is -0.505 e. The summed E-state index contributed by atoms with van der Waals surface area (Å²) in [4.78, 5) is 17.5. The van der Waals surface area contributed by atoms with Gasteiger partial charge >= 0.3 is 0 Å². The number of nitrogens with zero attached hydrogens (tertiary/aromatic N) is 2. The molecule has 7 nitrogen and oxygen atoms in total. The van der Waals surface area contributed by atoms with E-state index in [1.54, 1.807) is 6.07 Å². The summed E-state index contributed by atoms with van der Waals surface area (Å²) in [6.45, 7) is 4.93. The number of hydrogen-bond acceptors (Lipinski definition) is 4. The predicted molar refractivity (Wildman–Crippen MR) is 110 cm³/mol. The van der Waals surface area contributed by atoms with Gasteiger partial charge in [-0.15, -0.1) is 24.0 Å². The maximum absolute atomic E-state index is 13.4. The quantitative estimate of drug-likeness (QED) is 0.279. The topological polar surface area (TPSA) is 103 Å². The molecule has 0 unspecified atom stereocenters. The number of aliphatic imine (C=N–C) groups is 1. The van der Waals surface area contributed by atoms with Crippen LogP contribution in [0.2, 0.25) is 0 Å². The van der Waals surface area contributed by atoms with Crippen molar-refractivity contribution in [2.75, 3.05) is 26.2 Å². The summed E-state index contributed by atoms with van der Waals surface area (Å²) in [6, 6.07) is 4.52. The second kappa shape index (κ2) is 11.2. The Hall–Kier alpha value is -1.62. The molecule has 0 radical (unpaired) electrons. The number of carbonyl (C=O) groups excluding carboxylic acids is 1. The average Bonchev–Trinajstić information content (AvgIpc) is 2.57. The van der Waals surface area contributed by atoms with Crippen molar-refractivity contribution in [2.24, 2.45) is 10.7 Å². The molecule has 146 valence electrons. The average molecular weight is 479 g/mol. The standard InChI is InChI=1S/C17H26FN5O2.HI/c1-2-20-17(21-10-12-3-4-15(24)14(18)9-12)22-13-5-7-23(8-6-13)11-16(19)25;/h3-4,9,13,24H,2,5-8,10-11H2,1H3,(H2,19,25)(H2,20,21,22);1H. The molecule has 0 atom stereocenters. The summed E-state index contributed by atoms with van der Waals surface area (Å²) in [5.41, 5.74) is 5.91. The zero-order valence-electron chi connectivity index (χ0n) is 14.9. The Labute approximate surface area is 170 Å². The Bertz CT molecular complexity index is 621. The first kappa shape index (κ1) is 22.4. The van der Waals surface area contributed by atoms with Crippen molar-refractivity contribution in [3.05, 3.63) is 29.6 Å². The molecule has 1 aliphatic rings. The molecule has 26 heavy (non-hydrogen) atoms. The molecule has 0 saturated carbocycles. The number of hydrogen-bond donors (Lipinski definition) is 4. The Morgan fingerprint density at radius 3 is 2.69 bits per heavy atom. The van der Waals surface area contributed by atoms with Crippen molar-refractivity contribution >= 4 is 35.8 Å². The lowest BCUT2D eigenvalue weighted by molar-refractivity contribution is -0.119.